The molecule has 104 valence electrons. The number of amides is 1. The first-order valence-corrected chi connectivity index (χ1v) is 6.82. The number of para-hydroxylation sites is 1. The van der Waals surface area contributed by atoms with Gasteiger partial charge in [-0.05, 0) is 17.7 Å². The number of carbonyl (C=O) groups is 1. The first-order chi connectivity index (χ1) is 9.75. The number of anilines is 1. The summed E-state index contributed by atoms with van der Waals surface area (Å²) in [5, 5.41) is 2.94. The molecule has 3 heteroatoms. The molecule has 0 radical (unpaired) electrons. The summed E-state index contributed by atoms with van der Waals surface area (Å²) in [6.45, 7) is 1.30. The van der Waals surface area contributed by atoms with E-state index in [1.165, 1.54) is 0 Å². The van der Waals surface area contributed by atoms with E-state index in [-0.39, 0.29) is 5.91 Å². The predicted octanol–water partition coefficient (Wildman–Crippen LogP) is 2.83. The lowest BCUT2D eigenvalue weighted by Gasteiger charge is -2.18. The van der Waals surface area contributed by atoms with E-state index in [0.29, 0.717) is 19.5 Å². The molecule has 0 saturated heterocycles. The van der Waals surface area contributed by atoms with Crippen LogP contribution >= 0.6 is 0 Å². The van der Waals surface area contributed by atoms with Crippen molar-refractivity contribution in [1.29, 1.82) is 0 Å². The molecular formula is C17H20N2O. The zero-order valence-corrected chi connectivity index (χ0v) is 11.8. The summed E-state index contributed by atoms with van der Waals surface area (Å²) in [7, 11) is 2.00. The Labute approximate surface area is 120 Å². The van der Waals surface area contributed by atoms with E-state index in [4.69, 9.17) is 0 Å². The van der Waals surface area contributed by atoms with Crippen molar-refractivity contribution in [2.75, 3.05) is 18.5 Å². The van der Waals surface area contributed by atoms with Crippen LogP contribution in [-0.4, -0.2) is 19.5 Å². The number of benzene rings is 2. The molecule has 2 aromatic carbocycles. The van der Waals surface area contributed by atoms with E-state index < -0.39 is 0 Å². The maximum Gasteiger partial charge on any atom is 0.222 e. The smallest absolute Gasteiger partial charge is 0.222 e. The van der Waals surface area contributed by atoms with Gasteiger partial charge in [0.15, 0.2) is 0 Å². The number of carbonyl (C=O) groups excluding carboxylic acids is 1. The number of hydrogen-bond acceptors (Lipinski definition) is 2. The van der Waals surface area contributed by atoms with Crippen molar-refractivity contribution in [1.82, 2.24) is 5.32 Å². The highest BCUT2D eigenvalue weighted by Crippen LogP contribution is 2.10. The summed E-state index contributed by atoms with van der Waals surface area (Å²) in [4.78, 5) is 13.9. The van der Waals surface area contributed by atoms with Crippen LogP contribution in [0.15, 0.2) is 60.7 Å². The van der Waals surface area contributed by atoms with Crippen LogP contribution in [0, 0.1) is 0 Å². The van der Waals surface area contributed by atoms with Gasteiger partial charge in [0.2, 0.25) is 5.91 Å². The summed E-state index contributed by atoms with van der Waals surface area (Å²) in [5.74, 6) is 0.0802. The van der Waals surface area contributed by atoms with Gasteiger partial charge < -0.3 is 10.2 Å². The van der Waals surface area contributed by atoms with E-state index in [9.17, 15) is 4.79 Å². The van der Waals surface area contributed by atoms with E-state index in [0.717, 1.165) is 11.3 Å². The van der Waals surface area contributed by atoms with Gasteiger partial charge in [-0.2, -0.15) is 0 Å². The minimum Gasteiger partial charge on any atom is -0.374 e. The van der Waals surface area contributed by atoms with Gasteiger partial charge in [0, 0.05) is 32.2 Å². The predicted molar refractivity (Wildman–Crippen MR) is 82.6 cm³/mol. The van der Waals surface area contributed by atoms with Gasteiger partial charge in [-0.25, -0.2) is 0 Å². The number of nitrogens with one attached hydrogen (secondary N) is 1. The molecule has 3 nitrogen and oxygen atoms in total. The Hall–Kier alpha value is -2.29. The van der Waals surface area contributed by atoms with Crippen molar-refractivity contribution in [2.24, 2.45) is 0 Å². The maximum absolute atomic E-state index is 11.8. The van der Waals surface area contributed by atoms with Crippen molar-refractivity contribution < 1.29 is 4.79 Å². The topological polar surface area (TPSA) is 32.3 Å². The molecule has 0 aromatic heterocycles. The zero-order valence-electron chi connectivity index (χ0n) is 11.8. The molecule has 2 aromatic rings. The van der Waals surface area contributed by atoms with Crippen LogP contribution in [0.1, 0.15) is 12.0 Å². The molecular weight excluding hydrogens is 248 g/mol. The van der Waals surface area contributed by atoms with Crippen LogP contribution < -0.4 is 10.2 Å². The molecule has 0 aliphatic heterocycles. The quantitative estimate of drug-likeness (QED) is 0.873. The van der Waals surface area contributed by atoms with Crippen molar-refractivity contribution in [2.45, 2.75) is 13.0 Å². The number of nitrogens with zero attached hydrogens (tertiary/aromatic N) is 1. The molecule has 0 bridgehead atoms. The highest BCUT2D eigenvalue weighted by Gasteiger charge is 2.05. The lowest BCUT2D eigenvalue weighted by Crippen LogP contribution is -2.28. The third-order valence-electron chi connectivity index (χ3n) is 3.20. The van der Waals surface area contributed by atoms with E-state index in [1.54, 1.807) is 0 Å². The third kappa shape index (κ3) is 4.43. The molecule has 0 saturated carbocycles. The van der Waals surface area contributed by atoms with Crippen LogP contribution in [0.3, 0.4) is 0 Å². The first-order valence-electron chi connectivity index (χ1n) is 6.82. The Kier molecular flexibility index (Phi) is 5.18. The standard InChI is InChI=1S/C17H20N2O/c1-19(16-10-6-3-7-11-16)13-12-17(20)18-14-15-8-4-2-5-9-15/h2-11H,12-14H2,1H3,(H,18,20). The minimum absolute atomic E-state index is 0.0802. The molecule has 0 spiro atoms. The zero-order chi connectivity index (χ0) is 14.2. The second-order valence-electron chi connectivity index (χ2n) is 4.77. The Morgan fingerprint density at radius 3 is 2.25 bits per heavy atom. The molecule has 0 fully saturated rings. The van der Waals surface area contributed by atoms with Crippen LogP contribution in [0.2, 0.25) is 0 Å². The van der Waals surface area contributed by atoms with Crippen molar-refractivity contribution in [3.63, 3.8) is 0 Å². The molecule has 20 heavy (non-hydrogen) atoms. The fourth-order valence-corrected chi connectivity index (χ4v) is 1.97. The molecule has 0 heterocycles. The van der Waals surface area contributed by atoms with E-state index in [1.807, 2.05) is 67.7 Å². The average molecular weight is 268 g/mol. The summed E-state index contributed by atoms with van der Waals surface area (Å²) in [6.07, 6.45) is 0.498. The summed E-state index contributed by atoms with van der Waals surface area (Å²) >= 11 is 0. The van der Waals surface area contributed by atoms with Gasteiger partial charge in [0.1, 0.15) is 0 Å². The first kappa shape index (κ1) is 14.1. The minimum atomic E-state index is 0.0802. The Morgan fingerprint density at radius 2 is 1.60 bits per heavy atom. The van der Waals surface area contributed by atoms with E-state index >= 15 is 0 Å². The Balaban J connectivity index is 1.73. The van der Waals surface area contributed by atoms with Gasteiger partial charge in [0.05, 0.1) is 0 Å². The third-order valence-corrected chi connectivity index (χ3v) is 3.20. The second kappa shape index (κ2) is 7.34. The molecule has 2 rings (SSSR count). The maximum atomic E-state index is 11.8. The number of rotatable bonds is 6. The van der Waals surface area contributed by atoms with Crippen molar-refractivity contribution >= 4 is 11.6 Å². The largest absolute Gasteiger partial charge is 0.374 e. The van der Waals surface area contributed by atoms with Gasteiger partial charge in [-0.15, -0.1) is 0 Å². The molecule has 0 unspecified atom stereocenters. The fraction of sp³-hybridized carbons (Fsp3) is 0.235. The Morgan fingerprint density at radius 1 is 1.00 bits per heavy atom. The highest BCUT2D eigenvalue weighted by atomic mass is 16.1. The van der Waals surface area contributed by atoms with E-state index in [2.05, 4.69) is 10.2 Å². The van der Waals surface area contributed by atoms with Gasteiger partial charge in [0.25, 0.3) is 0 Å². The average Bonchev–Trinajstić information content (AvgIpc) is 2.52. The lowest BCUT2D eigenvalue weighted by atomic mass is 10.2. The normalized spacial score (nSPS) is 10.1. The van der Waals surface area contributed by atoms with Gasteiger partial charge in [-0.1, -0.05) is 48.5 Å². The SMILES string of the molecule is CN(CCC(=O)NCc1ccccc1)c1ccccc1. The number of hydrogen-bond donors (Lipinski definition) is 1. The Bertz CT molecular complexity index is 525. The fourth-order valence-electron chi connectivity index (χ4n) is 1.97. The molecule has 0 aliphatic carbocycles. The van der Waals surface area contributed by atoms with Crippen molar-refractivity contribution in [3.05, 3.63) is 66.2 Å². The van der Waals surface area contributed by atoms with Crippen LogP contribution in [0.4, 0.5) is 5.69 Å². The van der Waals surface area contributed by atoms with Gasteiger partial charge >= 0.3 is 0 Å². The van der Waals surface area contributed by atoms with Crippen LogP contribution in [0.5, 0.6) is 0 Å². The summed E-state index contributed by atoms with van der Waals surface area (Å²) < 4.78 is 0. The summed E-state index contributed by atoms with van der Waals surface area (Å²) in [5.41, 5.74) is 2.25. The van der Waals surface area contributed by atoms with Gasteiger partial charge in [-0.3, -0.25) is 4.79 Å². The second-order valence-corrected chi connectivity index (χ2v) is 4.77. The summed E-state index contributed by atoms with van der Waals surface area (Å²) in [6, 6.07) is 20.0. The molecule has 1 amide bonds. The lowest BCUT2D eigenvalue weighted by molar-refractivity contribution is -0.121. The molecule has 1 N–H and O–H groups in total. The monoisotopic (exact) mass is 268 g/mol. The van der Waals surface area contributed by atoms with Crippen LogP contribution in [0.25, 0.3) is 0 Å². The molecule has 0 aliphatic rings. The van der Waals surface area contributed by atoms with Crippen LogP contribution in [-0.2, 0) is 11.3 Å². The molecule has 0 atom stereocenters. The van der Waals surface area contributed by atoms with Crippen molar-refractivity contribution in [3.8, 4) is 0 Å². The highest BCUT2D eigenvalue weighted by molar-refractivity contribution is 5.76.